The topological polar surface area (TPSA) is 66.2 Å². The molecule has 2 aromatic carbocycles. The summed E-state index contributed by atoms with van der Waals surface area (Å²) in [6, 6.07) is 14.5. The zero-order chi connectivity index (χ0) is 25.0. The molecule has 0 spiro atoms. The van der Waals surface area contributed by atoms with E-state index in [-0.39, 0.29) is 11.5 Å². The fourth-order valence-corrected chi connectivity index (χ4v) is 3.17. The van der Waals surface area contributed by atoms with Gasteiger partial charge in [-0.3, -0.25) is 9.97 Å². The Balaban J connectivity index is 0.000000271. The van der Waals surface area contributed by atoms with E-state index in [4.69, 9.17) is 5.11 Å². The Hall–Kier alpha value is -1.56. The molecule has 0 atom stereocenters. The number of phenolic OH excluding ortho intramolecular Hbond substituents is 2. The molecule has 2 aromatic heterocycles. The molecule has 0 fully saturated rings. The summed E-state index contributed by atoms with van der Waals surface area (Å²) in [5.74, 6) is 1.74. The molecule has 0 saturated carbocycles. The molecule has 0 radical (unpaired) electrons. The summed E-state index contributed by atoms with van der Waals surface area (Å²) in [6.07, 6.45) is 4.65. The first-order chi connectivity index (χ1) is 15.6. The van der Waals surface area contributed by atoms with Crippen LogP contribution in [0.1, 0.15) is 33.3 Å². The monoisotopic (exact) mass is 624 g/mol. The first kappa shape index (κ1) is 29.5. The maximum absolute atomic E-state index is 9.30. The number of fused-ring (bicyclic) bond motifs is 2. The summed E-state index contributed by atoms with van der Waals surface area (Å²) in [5.41, 5.74) is 2.91. The zero-order valence-electron chi connectivity index (χ0n) is 19.6. The number of nitrogens with zero attached hydrogens (tertiary/aromatic N) is 2. The average Bonchev–Trinajstić information content (AvgIpc) is 2.75. The van der Waals surface area contributed by atoms with Crippen molar-refractivity contribution in [2.45, 2.75) is 34.1 Å². The van der Waals surface area contributed by atoms with Gasteiger partial charge in [0.25, 0.3) is 0 Å². The molecule has 0 aliphatic rings. The van der Waals surface area contributed by atoms with Crippen LogP contribution in [0.3, 0.4) is 0 Å². The molecule has 4 aromatic rings. The van der Waals surface area contributed by atoms with E-state index in [0.717, 1.165) is 32.7 Å². The van der Waals surface area contributed by atoms with Gasteiger partial charge in [-0.2, -0.15) is 5.92 Å². The Morgan fingerprint density at radius 3 is 1.76 bits per heavy atom. The number of halogens is 2. The van der Waals surface area contributed by atoms with Crippen LogP contribution in [-0.2, 0) is 22.8 Å². The number of aromatic nitrogens is 2. The van der Waals surface area contributed by atoms with E-state index in [1.54, 1.807) is 30.5 Å². The van der Waals surface area contributed by atoms with E-state index >= 15 is 0 Å². The van der Waals surface area contributed by atoms with Gasteiger partial charge in [-0.1, -0.05) is 27.7 Å². The van der Waals surface area contributed by atoms with E-state index in [0.29, 0.717) is 11.8 Å². The standard InChI is InChI=1S/C13H15NO.C9H6BrNO.C4H9.BrH.Zn/c1-9(2)5-10-6-11-3-4-12(15)7-13(11)14-8-10;10-7-3-6-1-2-8(12)4-9(6)11-5-7;1-4(2)3;;/h3-4,6-9,15H,5H2,1-2H3;1-5,12H;4H,1H2,2-3H3;1H;/q;;-1;;+2/p-1. The van der Waals surface area contributed by atoms with Gasteiger partial charge in [-0.15, -0.1) is 0 Å². The van der Waals surface area contributed by atoms with Gasteiger partial charge < -0.3 is 17.1 Å². The number of phenols is 2. The van der Waals surface area contributed by atoms with Gasteiger partial charge in [0.1, 0.15) is 11.5 Å². The Morgan fingerprint density at radius 2 is 1.27 bits per heavy atom. The molecule has 0 aliphatic heterocycles. The van der Waals surface area contributed by atoms with Gasteiger partial charge in [0, 0.05) is 39.8 Å². The third kappa shape index (κ3) is 11.4. The number of hydrogen-bond acceptors (Lipinski definition) is 4. The number of pyridine rings is 2. The normalized spacial score (nSPS) is 10.2. The van der Waals surface area contributed by atoms with Crippen LogP contribution in [0.5, 0.6) is 11.5 Å². The fourth-order valence-electron chi connectivity index (χ4n) is 2.82. The second-order valence-corrected chi connectivity index (χ2v) is 9.16. The predicted octanol–water partition coefficient (Wildman–Crippen LogP) is 8.16. The van der Waals surface area contributed by atoms with E-state index in [1.165, 1.54) is 21.9 Å². The van der Waals surface area contributed by atoms with Gasteiger partial charge in [0.2, 0.25) is 0 Å². The van der Waals surface area contributed by atoms with E-state index in [9.17, 15) is 5.11 Å². The van der Waals surface area contributed by atoms with Crippen molar-refractivity contribution in [3.8, 4) is 11.5 Å². The summed E-state index contributed by atoms with van der Waals surface area (Å²) in [5, 5.41) is 20.6. The Labute approximate surface area is 222 Å². The summed E-state index contributed by atoms with van der Waals surface area (Å²) < 4.78 is 0.945. The molecule has 172 valence electrons. The second kappa shape index (κ2) is 15.4. The molecule has 4 rings (SSSR count). The van der Waals surface area contributed by atoms with Gasteiger partial charge >= 0.3 is 30.0 Å². The number of benzene rings is 2. The van der Waals surface area contributed by atoms with E-state index in [2.05, 4.69) is 80.2 Å². The SMILES string of the molecule is CC(C)Cc1cnc2cc(O)ccc2c1.Oc1ccc2cc(Br)cnc2c1.[CH2-]C(C)C.[Zn+][Br]. The van der Waals surface area contributed by atoms with Crippen molar-refractivity contribution in [2.24, 2.45) is 11.8 Å². The van der Waals surface area contributed by atoms with Crippen molar-refractivity contribution in [1.29, 1.82) is 0 Å². The van der Waals surface area contributed by atoms with Crippen LogP contribution in [0.2, 0.25) is 0 Å². The molecule has 2 N–H and O–H groups in total. The maximum atomic E-state index is 9.30. The summed E-state index contributed by atoms with van der Waals surface area (Å²) in [7, 11) is 0. The first-order valence-electron chi connectivity index (χ1n) is 10.6. The van der Waals surface area contributed by atoms with Crippen LogP contribution in [0.15, 0.2) is 65.4 Å². The van der Waals surface area contributed by atoms with Crippen molar-refractivity contribution in [2.75, 3.05) is 0 Å². The average molecular weight is 628 g/mol. The van der Waals surface area contributed by atoms with E-state index < -0.39 is 0 Å². The molecule has 0 saturated heterocycles. The molecule has 0 amide bonds. The number of aromatic hydroxyl groups is 2. The fraction of sp³-hybridized carbons (Fsp3) is 0.269. The number of rotatable bonds is 2. The summed E-state index contributed by atoms with van der Waals surface area (Å²) in [4.78, 5) is 8.47. The minimum atomic E-state index is 0.248. The molecule has 33 heavy (non-hydrogen) atoms. The van der Waals surface area contributed by atoms with Crippen molar-refractivity contribution in [3.05, 3.63) is 77.9 Å². The van der Waals surface area contributed by atoms with Crippen LogP contribution < -0.4 is 0 Å². The molecule has 4 nitrogen and oxygen atoms in total. The Kier molecular flexibility index (Phi) is 13.7. The van der Waals surface area contributed by atoms with Gasteiger partial charge in [0.15, 0.2) is 0 Å². The van der Waals surface area contributed by atoms with Gasteiger partial charge in [-0.25, -0.2) is 0 Å². The third-order valence-corrected chi connectivity index (χ3v) is 4.44. The van der Waals surface area contributed by atoms with Crippen molar-refractivity contribution in [3.63, 3.8) is 0 Å². The van der Waals surface area contributed by atoms with E-state index in [1.807, 2.05) is 24.4 Å². The first-order valence-corrected chi connectivity index (χ1v) is 18.3. The number of hydrogen-bond donors (Lipinski definition) is 2. The third-order valence-electron chi connectivity index (χ3n) is 4.00. The van der Waals surface area contributed by atoms with Crippen LogP contribution in [0.4, 0.5) is 0 Å². The minimum absolute atomic E-state index is 0.248. The van der Waals surface area contributed by atoms with Crippen molar-refractivity contribution < 1.29 is 26.6 Å². The Morgan fingerprint density at radius 1 is 0.818 bits per heavy atom. The predicted molar refractivity (Wildman–Crippen MR) is 142 cm³/mol. The van der Waals surface area contributed by atoms with Crippen LogP contribution in [-0.4, -0.2) is 20.2 Å². The van der Waals surface area contributed by atoms with Crippen LogP contribution in [0.25, 0.3) is 21.8 Å². The van der Waals surface area contributed by atoms with Gasteiger partial charge in [-0.05, 0) is 70.2 Å². The summed E-state index contributed by atoms with van der Waals surface area (Å²) >= 11 is 7.58. The molecule has 2 heterocycles. The van der Waals surface area contributed by atoms with Gasteiger partial charge in [0.05, 0.1) is 11.0 Å². The summed E-state index contributed by atoms with van der Waals surface area (Å²) in [6.45, 7) is 12.1. The molecule has 0 unspecified atom stereocenters. The zero-order valence-corrected chi connectivity index (χ0v) is 25.7. The van der Waals surface area contributed by atoms with Crippen molar-refractivity contribution in [1.82, 2.24) is 9.97 Å². The molecular formula is C26H30Br2N2O2Zn. The van der Waals surface area contributed by atoms with Crippen LogP contribution >= 0.6 is 29.6 Å². The molecule has 7 heteroatoms. The molecule has 0 aliphatic carbocycles. The molecular weight excluding hydrogens is 597 g/mol. The Bertz CT molecular complexity index is 1090. The van der Waals surface area contributed by atoms with Crippen molar-refractivity contribution >= 4 is 51.4 Å². The second-order valence-electron chi connectivity index (χ2n) is 8.24. The quantitative estimate of drug-likeness (QED) is 0.174. The van der Waals surface area contributed by atoms with Crippen LogP contribution in [0, 0.1) is 18.8 Å². The molecule has 0 bridgehead atoms.